The molecule has 0 radical (unpaired) electrons. The van der Waals surface area contributed by atoms with Crippen LogP contribution in [0.25, 0.3) is 0 Å². The third-order valence-corrected chi connectivity index (χ3v) is 7.57. The molecule has 178 valence electrons. The number of hydrogen-bond donors (Lipinski definition) is 2. The minimum absolute atomic E-state index is 0.128. The zero-order valence-electron chi connectivity index (χ0n) is 20.0. The molecule has 1 saturated carbocycles. The Bertz CT molecular complexity index is 747. The minimum atomic E-state index is -0.128. The molecule has 1 aromatic rings. The van der Waals surface area contributed by atoms with Crippen molar-refractivity contribution in [3.63, 3.8) is 0 Å². The van der Waals surface area contributed by atoms with Crippen molar-refractivity contribution < 1.29 is 4.39 Å². The summed E-state index contributed by atoms with van der Waals surface area (Å²) in [5.41, 5.74) is 1.67. The maximum atomic E-state index is 14.8. The lowest BCUT2D eigenvalue weighted by Gasteiger charge is -2.36. The van der Waals surface area contributed by atoms with Crippen LogP contribution >= 0.6 is 0 Å². The number of piperidine rings is 1. The highest BCUT2D eigenvalue weighted by atomic mass is 19.1. The van der Waals surface area contributed by atoms with Crippen LogP contribution in [0, 0.1) is 5.82 Å². The van der Waals surface area contributed by atoms with E-state index in [1.54, 1.807) is 6.07 Å². The molecule has 2 heterocycles. The minimum Gasteiger partial charge on any atom is -0.367 e. The summed E-state index contributed by atoms with van der Waals surface area (Å²) in [6.45, 7) is 9.95. The number of halogens is 1. The number of hydrogen-bond acceptors (Lipinski definition) is 4. The molecule has 0 atom stereocenters. The molecule has 0 amide bonds. The van der Waals surface area contributed by atoms with E-state index in [1.165, 1.54) is 38.8 Å². The second-order valence-corrected chi connectivity index (χ2v) is 9.53. The van der Waals surface area contributed by atoms with Crippen LogP contribution in [0.15, 0.2) is 23.2 Å². The van der Waals surface area contributed by atoms with Gasteiger partial charge in [0.25, 0.3) is 0 Å². The van der Waals surface area contributed by atoms with Crippen molar-refractivity contribution in [2.24, 2.45) is 4.99 Å². The standard InChI is InChI=1S/C25H41FN6/c1-3-30-14-16-32(17-15-30)24-9-8-20(18-23(24)26)19-28-25(27-2)29-21-10-12-31(13-11-21)22-6-4-5-7-22/h8-9,18,21-22H,3-7,10-17,19H2,1-2H3,(H2,27,28,29). The molecule has 4 rings (SSSR count). The van der Waals surface area contributed by atoms with Crippen molar-refractivity contribution in [1.29, 1.82) is 0 Å². The van der Waals surface area contributed by atoms with Gasteiger partial charge in [-0.3, -0.25) is 4.99 Å². The van der Waals surface area contributed by atoms with Gasteiger partial charge in [0.05, 0.1) is 5.69 Å². The van der Waals surface area contributed by atoms with E-state index < -0.39 is 0 Å². The Kier molecular flexibility index (Phi) is 8.25. The Balaban J connectivity index is 1.23. The summed E-state index contributed by atoms with van der Waals surface area (Å²) >= 11 is 0. The molecule has 2 saturated heterocycles. The van der Waals surface area contributed by atoms with Gasteiger partial charge >= 0.3 is 0 Å². The van der Waals surface area contributed by atoms with E-state index in [9.17, 15) is 4.39 Å². The number of guanidine groups is 1. The van der Waals surface area contributed by atoms with E-state index in [0.717, 1.165) is 68.8 Å². The zero-order chi connectivity index (χ0) is 22.3. The van der Waals surface area contributed by atoms with Crippen LogP contribution < -0.4 is 15.5 Å². The predicted octanol–water partition coefficient (Wildman–Crippen LogP) is 3.04. The monoisotopic (exact) mass is 444 g/mol. The Morgan fingerprint density at radius 2 is 1.75 bits per heavy atom. The van der Waals surface area contributed by atoms with Gasteiger partial charge in [0.2, 0.25) is 0 Å². The van der Waals surface area contributed by atoms with Crippen molar-refractivity contribution in [1.82, 2.24) is 20.4 Å². The van der Waals surface area contributed by atoms with E-state index >= 15 is 0 Å². The zero-order valence-corrected chi connectivity index (χ0v) is 20.0. The fourth-order valence-corrected chi connectivity index (χ4v) is 5.47. The third kappa shape index (κ3) is 5.93. The molecule has 0 bridgehead atoms. The first-order valence-electron chi connectivity index (χ1n) is 12.6. The first-order chi connectivity index (χ1) is 15.7. The largest absolute Gasteiger partial charge is 0.367 e. The molecule has 0 unspecified atom stereocenters. The number of anilines is 1. The molecular formula is C25H41FN6. The Labute approximate surface area is 193 Å². The second kappa shape index (κ2) is 11.3. The van der Waals surface area contributed by atoms with E-state index in [4.69, 9.17) is 0 Å². The van der Waals surface area contributed by atoms with Crippen LogP contribution in [0.4, 0.5) is 10.1 Å². The molecule has 0 aromatic heterocycles. The summed E-state index contributed by atoms with van der Waals surface area (Å²) in [4.78, 5) is 11.7. The number of likely N-dealkylation sites (N-methyl/N-ethyl adjacent to an activating group) is 1. The Morgan fingerprint density at radius 1 is 1.03 bits per heavy atom. The lowest BCUT2D eigenvalue weighted by molar-refractivity contribution is 0.150. The van der Waals surface area contributed by atoms with Gasteiger partial charge in [-0.1, -0.05) is 25.8 Å². The third-order valence-electron chi connectivity index (χ3n) is 7.57. The average Bonchev–Trinajstić information content (AvgIpc) is 3.37. The lowest BCUT2D eigenvalue weighted by Crippen LogP contribution is -2.50. The summed E-state index contributed by atoms with van der Waals surface area (Å²) in [6.07, 6.45) is 7.88. The van der Waals surface area contributed by atoms with Gasteiger partial charge in [-0.05, 0) is 49.9 Å². The van der Waals surface area contributed by atoms with Crippen LogP contribution in [-0.2, 0) is 6.54 Å². The first-order valence-corrected chi connectivity index (χ1v) is 12.6. The van der Waals surface area contributed by atoms with Crippen molar-refractivity contribution in [2.45, 2.75) is 64.1 Å². The summed E-state index contributed by atoms with van der Waals surface area (Å²) in [5.74, 6) is 0.681. The molecular weight excluding hydrogens is 403 g/mol. The topological polar surface area (TPSA) is 46.1 Å². The van der Waals surface area contributed by atoms with Crippen molar-refractivity contribution in [2.75, 3.05) is 57.8 Å². The van der Waals surface area contributed by atoms with Gasteiger partial charge in [0.1, 0.15) is 5.82 Å². The molecule has 3 aliphatic rings. The van der Waals surface area contributed by atoms with Crippen LogP contribution in [-0.4, -0.2) is 80.7 Å². The van der Waals surface area contributed by atoms with Crippen molar-refractivity contribution in [3.8, 4) is 0 Å². The molecule has 1 aliphatic carbocycles. The fraction of sp³-hybridized carbons (Fsp3) is 0.720. The molecule has 1 aromatic carbocycles. The highest BCUT2D eigenvalue weighted by Crippen LogP contribution is 2.26. The molecule has 7 heteroatoms. The average molecular weight is 445 g/mol. The molecule has 2 N–H and O–H groups in total. The summed E-state index contributed by atoms with van der Waals surface area (Å²) in [7, 11) is 1.81. The van der Waals surface area contributed by atoms with Crippen LogP contribution in [0.2, 0.25) is 0 Å². The smallest absolute Gasteiger partial charge is 0.191 e. The fourth-order valence-electron chi connectivity index (χ4n) is 5.47. The summed E-state index contributed by atoms with van der Waals surface area (Å²) < 4.78 is 14.8. The highest BCUT2D eigenvalue weighted by Gasteiger charge is 2.27. The van der Waals surface area contributed by atoms with E-state index in [-0.39, 0.29) is 5.82 Å². The molecule has 3 fully saturated rings. The summed E-state index contributed by atoms with van der Waals surface area (Å²) in [5, 5.41) is 6.96. The van der Waals surface area contributed by atoms with Gasteiger partial charge < -0.3 is 25.3 Å². The number of benzene rings is 1. The maximum Gasteiger partial charge on any atom is 0.191 e. The van der Waals surface area contributed by atoms with Gasteiger partial charge in [-0.25, -0.2) is 4.39 Å². The number of rotatable bonds is 6. The summed E-state index contributed by atoms with van der Waals surface area (Å²) in [6, 6.07) is 6.91. The lowest BCUT2D eigenvalue weighted by atomic mass is 10.0. The number of piperazine rings is 1. The maximum absolute atomic E-state index is 14.8. The van der Waals surface area contributed by atoms with Crippen LogP contribution in [0.3, 0.4) is 0 Å². The molecule has 2 aliphatic heterocycles. The van der Waals surface area contributed by atoms with Crippen molar-refractivity contribution in [3.05, 3.63) is 29.6 Å². The predicted molar refractivity (Wildman–Crippen MR) is 131 cm³/mol. The SMILES string of the molecule is CCN1CCN(c2ccc(CNC(=NC)NC3CCN(C4CCCC4)CC3)cc2F)CC1. The number of likely N-dealkylation sites (tertiary alicyclic amines) is 1. The quantitative estimate of drug-likeness (QED) is 0.522. The first kappa shape index (κ1) is 23.3. The van der Waals surface area contributed by atoms with Crippen molar-refractivity contribution >= 4 is 11.6 Å². The van der Waals surface area contributed by atoms with E-state index in [2.05, 4.69) is 37.2 Å². The van der Waals surface area contributed by atoms with Crippen LogP contribution in [0.1, 0.15) is 51.0 Å². The highest BCUT2D eigenvalue weighted by molar-refractivity contribution is 5.80. The molecule has 6 nitrogen and oxygen atoms in total. The normalized spacial score (nSPS) is 22.5. The van der Waals surface area contributed by atoms with E-state index in [1.807, 2.05) is 19.2 Å². The van der Waals surface area contributed by atoms with Gasteiger partial charge in [0, 0.05) is 64.9 Å². The number of nitrogens with one attached hydrogen (secondary N) is 2. The molecule has 32 heavy (non-hydrogen) atoms. The van der Waals surface area contributed by atoms with Gasteiger partial charge in [-0.15, -0.1) is 0 Å². The van der Waals surface area contributed by atoms with Gasteiger partial charge in [-0.2, -0.15) is 0 Å². The van der Waals surface area contributed by atoms with E-state index in [0.29, 0.717) is 12.6 Å². The Hall–Kier alpha value is -1.86. The molecule has 0 spiro atoms. The number of aliphatic imine (C=N–C) groups is 1. The second-order valence-electron chi connectivity index (χ2n) is 9.53. The van der Waals surface area contributed by atoms with Crippen LogP contribution in [0.5, 0.6) is 0 Å². The number of nitrogens with zero attached hydrogens (tertiary/aromatic N) is 4. The van der Waals surface area contributed by atoms with Gasteiger partial charge in [0.15, 0.2) is 5.96 Å². The Morgan fingerprint density at radius 3 is 2.38 bits per heavy atom.